The Morgan fingerprint density at radius 1 is 1.27 bits per heavy atom. The average Bonchev–Trinajstić information content (AvgIpc) is 3.12. The zero-order valence-electron chi connectivity index (χ0n) is 15.0. The molecule has 1 saturated heterocycles. The number of likely N-dealkylation sites (tertiary alicyclic amines) is 1. The van der Waals surface area contributed by atoms with Crippen LogP contribution in [-0.4, -0.2) is 47.7 Å². The largest absolute Gasteiger partial charge is 0.496 e. The van der Waals surface area contributed by atoms with Crippen LogP contribution in [0.1, 0.15) is 5.56 Å². The third kappa shape index (κ3) is 3.08. The number of aromatic nitrogens is 2. The Labute approximate surface area is 152 Å². The van der Waals surface area contributed by atoms with Crippen molar-refractivity contribution in [2.24, 2.45) is 23.5 Å². The minimum absolute atomic E-state index is 0.218. The van der Waals surface area contributed by atoms with Gasteiger partial charge >= 0.3 is 5.69 Å². The van der Waals surface area contributed by atoms with E-state index >= 15 is 0 Å². The topological polar surface area (TPSA) is 99.4 Å². The molecule has 0 amide bonds. The van der Waals surface area contributed by atoms with Gasteiger partial charge in [-0.05, 0) is 48.4 Å². The number of nitrogen functional groups attached to an aromatic ring is 1. The number of anilines is 1. The van der Waals surface area contributed by atoms with E-state index in [4.69, 9.17) is 16.2 Å². The summed E-state index contributed by atoms with van der Waals surface area (Å²) in [6.07, 6.45) is 2.55. The van der Waals surface area contributed by atoms with Crippen LogP contribution in [0, 0.1) is 17.8 Å². The Balaban J connectivity index is 1.45. The summed E-state index contributed by atoms with van der Waals surface area (Å²) in [5.74, 6) is 3.39. The molecule has 0 spiro atoms. The molecule has 3 atom stereocenters. The summed E-state index contributed by atoms with van der Waals surface area (Å²) in [7, 11) is 1.66. The number of benzene rings is 1. The molecule has 0 radical (unpaired) electrons. The molecule has 0 bridgehead atoms. The van der Waals surface area contributed by atoms with Crippen molar-refractivity contribution >= 4 is 5.82 Å². The van der Waals surface area contributed by atoms with Gasteiger partial charge in [0.05, 0.1) is 12.8 Å². The standard InChI is InChI=1S/C19H25N5O2/c1-26-17-8-13(24-7-5-18(21)22-19(24)25)3-2-12(17)4-6-23-10-15-14(9-20)16(15)11-23/h2-3,5,7-8,14-16H,4,6,9-11,20H2,1H3,(H2,21,22,25)/t14?,15-,16+. The van der Waals surface area contributed by atoms with Crippen molar-refractivity contribution in [3.05, 3.63) is 46.5 Å². The Morgan fingerprint density at radius 2 is 2.04 bits per heavy atom. The van der Waals surface area contributed by atoms with Crippen molar-refractivity contribution in [3.63, 3.8) is 0 Å². The fourth-order valence-corrected chi connectivity index (χ4v) is 4.25. The normalized spacial score (nSPS) is 24.5. The molecule has 1 aliphatic heterocycles. The third-order valence-electron chi connectivity index (χ3n) is 5.79. The predicted molar refractivity (Wildman–Crippen MR) is 100 cm³/mol. The molecule has 2 heterocycles. The predicted octanol–water partition coefficient (Wildman–Crippen LogP) is 0.502. The smallest absolute Gasteiger partial charge is 0.354 e. The van der Waals surface area contributed by atoms with Crippen molar-refractivity contribution in [2.75, 3.05) is 39.0 Å². The average molecular weight is 355 g/mol. The molecule has 4 N–H and O–H groups in total. The first kappa shape index (κ1) is 17.1. The highest BCUT2D eigenvalue weighted by Gasteiger charge is 2.54. The fourth-order valence-electron chi connectivity index (χ4n) is 4.25. The molecule has 1 saturated carbocycles. The first-order valence-electron chi connectivity index (χ1n) is 9.05. The molecule has 7 nitrogen and oxygen atoms in total. The quantitative estimate of drug-likeness (QED) is 0.783. The highest BCUT2D eigenvalue weighted by atomic mass is 16.5. The van der Waals surface area contributed by atoms with Crippen molar-refractivity contribution < 1.29 is 4.74 Å². The van der Waals surface area contributed by atoms with E-state index in [1.54, 1.807) is 19.4 Å². The molecule has 2 aliphatic rings. The Hall–Kier alpha value is -2.38. The van der Waals surface area contributed by atoms with Gasteiger partial charge in [-0.1, -0.05) is 6.07 Å². The summed E-state index contributed by atoms with van der Waals surface area (Å²) in [5.41, 5.74) is 12.8. The van der Waals surface area contributed by atoms with Gasteiger partial charge in [-0.15, -0.1) is 0 Å². The van der Waals surface area contributed by atoms with Crippen molar-refractivity contribution in [2.45, 2.75) is 6.42 Å². The molecule has 1 aliphatic carbocycles. The molecule has 138 valence electrons. The van der Waals surface area contributed by atoms with Gasteiger partial charge in [0.15, 0.2) is 0 Å². The van der Waals surface area contributed by atoms with E-state index in [0.29, 0.717) is 0 Å². The number of hydrogen-bond acceptors (Lipinski definition) is 6. The number of methoxy groups -OCH3 is 1. The van der Waals surface area contributed by atoms with Crippen LogP contribution in [0.15, 0.2) is 35.3 Å². The van der Waals surface area contributed by atoms with Gasteiger partial charge in [0.25, 0.3) is 0 Å². The number of hydrogen-bond donors (Lipinski definition) is 2. The summed E-state index contributed by atoms with van der Waals surface area (Å²) < 4.78 is 7.02. The second-order valence-electron chi connectivity index (χ2n) is 7.24. The number of nitrogens with two attached hydrogens (primary N) is 2. The van der Waals surface area contributed by atoms with E-state index in [-0.39, 0.29) is 5.82 Å². The molecule has 1 unspecified atom stereocenters. The second kappa shape index (κ2) is 6.74. The van der Waals surface area contributed by atoms with Gasteiger partial charge in [0.2, 0.25) is 0 Å². The summed E-state index contributed by atoms with van der Waals surface area (Å²) in [4.78, 5) is 18.3. The zero-order chi connectivity index (χ0) is 18.3. The van der Waals surface area contributed by atoms with Gasteiger partial charge in [-0.3, -0.25) is 4.57 Å². The highest BCUT2D eigenvalue weighted by molar-refractivity contribution is 5.45. The first-order valence-corrected chi connectivity index (χ1v) is 9.05. The number of fused-ring (bicyclic) bond motifs is 1. The lowest BCUT2D eigenvalue weighted by Crippen LogP contribution is -2.28. The van der Waals surface area contributed by atoms with E-state index < -0.39 is 5.69 Å². The van der Waals surface area contributed by atoms with E-state index in [1.165, 1.54) is 17.7 Å². The molecule has 26 heavy (non-hydrogen) atoms. The van der Waals surface area contributed by atoms with E-state index in [1.807, 2.05) is 18.2 Å². The molecule has 4 rings (SSSR count). The number of nitrogens with zero attached hydrogens (tertiary/aromatic N) is 3. The lowest BCUT2D eigenvalue weighted by Gasteiger charge is -2.20. The van der Waals surface area contributed by atoms with Crippen molar-refractivity contribution in [3.8, 4) is 11.4 Å². The van der Waals surface area contributed by atoms with Crippen molar-refractivity contribution in [1.29, 1.82) is 0 Å². The lowest BCUT2D eigenvalue weighted by molar-refractivity contribution is 0.288. The van der Waals surface area contributed by atoms with Crippen LogP contribution in [0.25, 0.3) is 5.69 Å². The summed E-state index contributed by atoms with van der Waals surface area (Å²) in [6.45, 7) is 4.18. The van der Waals surface area contributed by atoms with E-state index in [2.05, 4.69) is 9.88 Å². The minimum Gasteiger partial charge on any atom is -0.496 e. The van der Waals surface area contributed by atoms with Crippen LogP contribution in [0.5, 0.6) is 5.75 Å². The molecular weight excluding hydrogens is 330 g/mol. The first-order chi connectivity index (χ1) is 12.6. The molecule has 7 heteroatoms. The Bertz CT molecular complexity index is 853. The van der Waals surface area contributed by atoms with E-state index in [0.717, 1.165) is 54.3 Å². The number of rotatable bonds is 6. The Morgan fingerprint density at radius 3 is 2.69 bits per heavy atom. The summed E-state index contributed by atoms with van der Waals surface area (Å²) in [5, 5.41) is 0. The molecule has 2 aromatic rings. The minimum atomic E-state index is -0.398. The van der Waals surface area contributed by atoms with Gasteiger partial charge in [-0.2, -0.15) is 4.98 Å². The van der Waals surface area contributed by atoms with Crippen molar-refractivity contribution in [1.82, 2.24) is 14.5 Å². The maximum atomic E-state index is 12.0. The monoisotopic (exact) mass is 355 g/mol. The fraction of sp³-hybridized carbons (Fsp3) is 0.474. The van der Waals surface area contributed by atoms with E-state index in [9.17, 15) is 4.79 Å². The van der Waals surface area contributed by atoms with Crippen LogP contribution in [0.3, 0.4) is 0 Å². The highest BCUT2D eigenvalue weighted by Crippen LogP contribution is 2.50. The second-order valence-corrected chi connectivity index (χ2v) is 7.24. The zero-order valence-corrected chi connectivity index (χ0v) is 15.0. The molecule has 2 fully saturated rings. The van der Waals surface area contributed by atoms with Crippen LogP contribution >= 0.6 is 0 Å². The number of piperidine rings is 1. The Kier molecular flexibility index (Phi) is 4.42. The van der Waals surface area contributed by atoms with Crippen LogP contribution in [-0.2, 0) is 6.42 Å². The maximum absolute atomic E-state index is 12.0. The molecule has 1 aromatic carbocycles. The SMILES string of the molecule is COc1cc(-n2ccc(N)nc2=O)ccc1CCN1C[C@@H]2C(CN)[C@@H]2C1. The van der Waals surface area contributed by atoms with Gasteiger partial charge in [-0.25, -0.2) is 4.79 Å². The number of ether oxygens (including phenoxy) is 1. The van der Waals surface area contributed by atoms with Crippen LogP contribution < -0.4 is 21.9 Å². The third-order valence-corrected chi connectivity index (χ3v) is 5.79. The van der Waals surface area contributed by atoms with Crippen LogP contribution in [0.4, 0.5) is 5.82 Å². The van der Waals surface area contributed by atoms with Gasteiger partial charge in [0, 0.05) is 31.9 Å². The summed E-state index contributed by atoms with van der Waals surface area (Å²) >= 11 is 0. The molecule has 1 aromatic heterocycles. The van der Waals surface area contributed by atoms with Gasteiger partial charge in [0.1, 0.15) is 11.6 Å². The molecular formula is C19H25N5O2. The maximum Gasteiger partial charge on any atom is 0.354 e. The summed E-state index contributed by atoms with van der Waals surface area (Å²) in [6, 6.07) is 7.43. The lowest BCUT2D eigenvalue weighted by atomic mass is 10.1. The van der Waals surface area contributed by atoms with Gasteiger partial charge < -0.3 is 21.1 Å². The van der Waals surface area contributed by atoms with Crippen LogP contribution in [0.2, 0.25) is 0 Å².